The first-order valence-corrected chi connectivity index (χ1v) is 14.4. The van der Waals surface area contributed by atoms with Gasteiger partial charge in [-0.15, -0.1) is 0 Å². The maximum absolute atomic E-state index is 14.1. The first kappa shape index (κ1) is 29.8. The third-order valence-electron chi connectivity index (χ3n) is 9.40. The van der Waals surface area contributed by atoms with E-state index in [2.05, 4.69) is 10.6 Å². The van der Waals surface area contributed by atoms with Crippen LogP contribution in [-0.2, 0) is 20.8 Å². The Morgan fingerprint density at radius 1 is 0.884 bits per heavy atom. The Morgan fingerprint density at radius 2 is 1.44 bits per heavy atom. The van der Waals surface area contributed by atoms with Crippen molar-refractivity contribution < 1.29 is 28.7 Å². The Kier molecular flexibility index (Phi) is 8.01. The largest absolute Gasteiger partial charge is 0.494 e. The Hall–Kier alpha value is -4.66. The molecule has 3 atom stereocenters. The molecule has 3 aromatic rings. The summed E-state index contributed by atoms with van der Waals surface area (Å²) in [5.41, 5.74) is 0.620. The number of amides is 4. The van der Waals surface area contributed by atoms with Gasteiger partial charge in [-0.1, -0.05) is 69.3 Å². The minimum absolute atomic E-state index is 0.151. The minimum atomic E-state index is -1.09. The zero-order chi connectivity index (χ0) is 30.9. The molecule has 43 heavy (non-hydrogen) atoms. The highest BCUT2D eigenvalue weighted by Gasteiger charge is 2.65. The van der Waals surface area contributed by atoms with Crippen molar-refractivity contribution in [3.05, 3.63) is 83.9 Å². The number of nitrogens with one attached hydrogen (secondary N) is 2. The van der Waals surface area contributed by atoms with Crippen molar-refractivity contribution in [2.75, 3.05) is 24.9 Å². The van der Waals surface area contributed by atoms with E-state index < -0.39 is 22.8 Å². The minimum Gasteiger partial charge on any atom is -0.494 e. The van der Waals surface area contributed by atoms with Gasteiger partial charge in [0.05, 0.1) is 31.0 Å². The van der Waals surface area contributed by atoms with E-state index in [1.165, 1.54) is 19.1 Å². The summed E-state index contributed by atoms with van der Waals surface area (Å²) < 4.78 is 11.1. The molecule has 1 aliphatic heterocycles. The molecule has 2 bridgehead atoms. The van der Waals surface area contributed by atoms with Gasteiger partial charge in [-0.25, -0.2) is 0 Å². The average Bonchev–Trinajstić information content (AvgIpc) is 3.20. The van der Waals surface area contributed by atoms with Gasteiger partial charge in [0, 0.05) is 30.0 Å². The van der Waals surface area contributed by atoms with E-state index in [0.29, 0.717) is 24.1 Å². The van der Waals surface area contributed by atoms with Gasteiger partial charge in [0.15, 0.2) is 0 Å². The van der Waals surface area contributed by atoms with Crippen molar-refractivity contribution in [1.82, 2.24) is 4.90 Å². The van der Waals surface area contributed by atoms with Crippen LogP contribution in [0.15, 0.2) is 72.8 Å². The number of ether oxygens (including phenoxy) is 2. The normalized spacial score (nSPS) is 21.2. The molecule has 1 aliphatic carbocycles. The molecule has 3 aromatic carbocycles. The molecule has 2 N–H and O–H groups in total. The maximum Gasteiger partial charge on any atom is 0.255 e. The van der Waals surface area contributed by atoms with E-state index in [1.54, 1.807) is 36.4 Å². The highest BCUT2D eigenvalue weighted by molar-refractivity contribution is 6.10. The fraction of sp³-hybridized carbons (Fsp3) is 0.353. The SMILES string of the molecule is COc1cc(NC(=O)C(Cc2ccccc2)N2C(=O)C3CCC(C)(C2=O)C3(C)C)c(OC)cc1NC(=O)c1ccccc1. The standard InChI is InChI=1S/C34H37N3O6/c1-33(2)23-16-17-34(33,3)32(41)37(31(23)40)26(18-21-12-8-6-9-13-21)30(39)36-25-20-27(42-4)24(19-28(25)43-5)35-29(38)22-14-10-7-11-15-22/h6-15,19-20,23,26H,16-18H2,1-5H3,(H,35,38)(H,36,39). The van der Waals surface area contributed by atoms with Crippen LogP contribution < -0.4 is 20.1 Å². The molecule has 9 heteroatoms. The van der Waals surface area contributed by atoms with E-state index in [4.69, 9.17) is 9.47 Å². The molecule has 4 amide bonds. The van der Waals surface area contributed by atoms with Crippen molar-refractivity contribution in [1.29, 1.82) is 0 Å². The fourth-order valence-electron chi connectivity index (χ4n) is 6.38. The van der Waals surface area contributed by atoms with Gasteiger partial charge in [0.25, 0.3) is 5.91 Å². The Labute approximate surface area is 251 Å². The molecule has 5 rings (SSSR count). The Bertz CT molecular complexity index is 1560. The molecule has 1 saturated carbocycles. The van der Waals surface area contributed by atoms with E-state index in [9.17, 15) is 19.2 Å². The molecule has 224 valence electrons. The molecule has 9 nitrogen and oxygen atoms in total. The van der Waals surface area contributed by atoms with Crippen LogP contribution in [0.3, 0.4) is 0 Å². The molecule has 0 radical (unpaired) electrons. The first-order chi connectivity index (χ1) is 20.5. The number of piperidine rings is 1. The summed E-state index contributed by atoms with van der Waals surface area (Å²) in [6.45, 7) is 5.85. The van der Waals surface area contributed by atoms with Crippen LogP contribution in [-0.4, -0.2) is 48.8 Å². The number of carbonyl (C=O) groups excluding carboxylic acids is 4. The van der Waals surface area contributed by atoms with Gasteiger partial charge >= 0.3 is 0 Å². The predicted molar refractivity (Wildman–Crippen MR) is 163 cm³/mol. The van der Waals surface area contributed by atoms with Gasteiger partial charge < -0.3 is 20.1 Å². The average molecular weight is 584 g/mol. The second-order valence-corrected chi connectivity index (χ2v) is 11.9. The van der Waals surface area contributed by atoms with Crippen molar-refractivity contribution in [3.8, 4) is 11.5 Å². The van der Waals surface area contributed by atoms with Gasteiger partial charge in [-0.3, -0.25) is 24.1 Å². The number of anilines is 2. The smallest absolute Gasteiger partial charge is 0.255 e. The van der Waals surface area contributed by atoms with Crippen LogP contribution >= 0.6 is 0 Å². The zero-order valence-electron chi connectivity index (χ0n) is 25.1. The van der Waals surface area contributed by atoms with E-state index in [-0.39, 0.29) is 47.2 Å². The number of nitrogens with zero attached hydrogens (tertiary/aromatic N) is 1. The van der Waals surface area contributed by atoms with Crippen LogP contribution in [0, 0.1) is 16.7 Å². The number of carbonyl (C=O) groups is 4. The third kappa shape index (κ3) is 5.24. The van der Waals surface area contributed by atoms with Gasteiger partial charge in [0.1, 0.15) is 17.5 Å². The van der Waals surface area contributed by atoms with E-state index in [0.717, 1.165) is 5.56 Å². The third-order valence-corrected chi connectivity index (χ3v) is 9.40. The lowest BCUT2D eigenvalue weighted by Crippen LogP contribution is -2.64. The molecule has 3 unspecified atom stereocenters. The summed E-state index contributed by atoms with van der Waals surface area (Å²) in [5.74, 6) is -1.31. The van der Waals surface area contributed by atoms with Crippen molar-refractivity contribution in [3.63, 3.8) is 0 Å². The zero-order valence-corrected chi connectivity index (χ0v) is 25.1. The number of hydrogen-bond acceptors (Lipinski definition) is 6. The second kappa shape index (κ2) is 11.6. The Balaban J connectivity index is 1.48. The van der Waals surface area contributed by atoms with Gasteiger partial charge in [-0.05, 0) is 36.0 Å². The van der Waals surface area contributed by atoms with Crippen molar-refractivity contribution in [2.45, 2.75) is 46.1 Å². The molecule has 0 aromatic heterocycles. The summed E-state index contributed by atoms with van der Waals surface area (Å²) in [4.78, 5) is 56.0. The van der Waals surface area contributed by atoms with Crippen LogP contribution in [0.25, 0.3) is 0 Å². The monoisotopic (exact) mass is 583 g/mol. The lowest BCUT2D eigenvalue weighted by molar-refractivity contribution is -0.172. The highest BCUT2D eigenvalue weighted by Crippen LogP contribution is 2.60. The molecule has 1 heterocycles. The van der Waals surface area contributed by atoms with Crippen LogP contribution in [0.5, 0.6) is 11.5 Å². The van der Waals surface area contributed by atoms with Crippen LogP contribution in [0.2, 0.25) is 0 Å². The molecule has 2 aliphatic rings. The van der Waals surface area contributed by atoms with Crippen molar-refractivity contribution >= 4 is 35.0 Å². The summed E-state index contributed by atoms with van der Waals surface area (Å²) >= 11 is 0. The van der Waals surface area contributed by atoms with E-state index in [1.807, 2.05) is 57.2 Å². The fourth-order valence-corrected chi connectivity index (χ4v) is 6.38. The number of methoxy groups -OCH3 is 2. The quantitative estimate of drug-likeness (QED) is 0.330. The number of benzene rings is 3. The number of rotatable bonds is 9. The van der Waals surface area contributed by atoms with E-state index >= 15 is 0 Å². The summed E-state index contributed by atoms with van der Waals surface area (Å²) in [6.07, 6.45) is 1.34. The van der Waals surface area contributed by atoms with Crippen LogP contribution in [0.1, 0.15) is 49.5 Å². The summed E-state index contributed by atoms with van der Waals surface area (Å²) in [5, 5.41) is 5.71. The molecular weight excluding hydrogens is 546 g/mol. The topological polar surface area (TPSA) is 114 Å². The second-order valence-electron chi connectivity index (χ2n) is 11.9. The maximum atomic E-state index is 14.1. The summed E-state index contributed by atoms with van der Waals surface area (Å²) in [6, 6.07) is 20.1. The molecule has 1 saturated heterocycles. The van der Waals surface area contributed by atoms with Crippen molar-refractivity contribution in [2.24, 2.45) is 16.7 Å². The highest BCUT2D eigenvalue weighted by atomic mass is 16.5. The van der Waals surface area contributed by atoms with Gasteiger partial charge in [0.2, 0.25) is 17.7 Å². The lowest BCUT2D eigenvalue weighted by atomic mass is 9.62. The number of imide groups is 1. The number of hydrogen-bond donors (Lipinski definition) is 2. The lowest BCUT2D eigenvalue weighted by Gasteiger charge is -2.49. The van der Waals surface area contributed by atoms with Gasteiger partial charge in [-0.2, -0.15) is 0 Å². The molecule has 0 spiro atoms. The first-order valence-electron chi connectivity index (χ1n) is 14.4. The molecule has 2 fully saturated rings. The van der Waals surface area contributed by atoms with Crippen LogP contribution in [0.4, 0.5) is 11.4 Å². The molecular formula is C34H37N3O6. The number of fused-ring (bicyclic) bond motifs is 2. The summed E-state index contributed by atoms with van der Waals surface area (Å²) in [7, 11) is 2.90. The Morgan fingerprint density at radius 3 is 2.02 bits per heavy atom. The number of likely N-dealkylation sites (tertiary alicyclic amines) is 1. The predicted octanol–water partition coefficient (Wildman–Crippen LogP) is 5.32.